The van der Waals surface area contributed by atoms with Gasteiger partial charge < -0.3 is 30.3 Å². The van der Waals surface area contributed by atoms with Gasteiger partial charge in [0.2, 0.25) is 0 Å². The molecule has 0 saturated heterocycles. The van der Waals surface area contributed by atoms with E-state index >= 15 is 0 Å². The number of nitrogens with two attached hydrogens (primary N) is 1. The highest BCUT2D eigenvalue weighted by molar-refractivity contribution is 7.47. The zero-order chi connectivity index (χ0) is 45.1. The summed E-state index contributed by atoms with van der Waals surface area (Å²) in [5, 5.41) is 18.9. The normalized spacial score (nSPS) is 15.5. The zero-order valence-corrected chi connectivity index (χ0v) is 37.2. The van der Waals surface area contributed by atoms with Gasteiger partial charge in [0, 0.05) is 12.8 Å². The number of aliphatic carboxylic acids is 1. The van der Waals surface area contributed by atoms with E-state index in [2.05, 4.69) is 85.2 Å². The smallest absolute Gasteiger partial charge is 0.472 e. The maximum atomic E-state index is 12.6. The molecule has 2 unspecified atom stereocenters. The Kier molecular flexibility index (Phi) is 38.0. The number of carboxylic acids is 1. The molecule has 0 heterocycles. The van der Waals surface area contributed by atoms with E-state index in [1.54, 1.807) is 12.2 Å². The van der Waals surface area contributed by atoms with Gasteiger partial charge in [-0.15, -0.1) is 0 Å². The summed E-state index contributed by atoms with van der Waals surface area (Å²) >= 11 is 0. The maximum absolute atomic E-state index is 12.6. The van der Waals surface area contributed by atoms with E-state index in [1.807, 2.05) is 54.7 Å². The van der Waals surface area contributed by atoms with E-state index in [4.69, 9.17) is 24.8 Å². The summed E-state index contributed by atoms with van der Waals surface area (Å²) in [5.41, 5.74) is 5.32. The minimum atomic E-state index is -4.78. The number of rotatable bonds is 37. The summed E-state index contributed by atoms with van der Waals surface area (Å²) in [6.45, 7) is 2.32. The van der Waals surface area contributed by atoms with Crippen LogP contribution in [-0.2, 0) is 37.5 Å². The van der Waals surface area contributed by atoms with Crippen molar-refractivity contribution in [2.75, 3.05) is 19.8 Å². The van der Waals surface area contributed by atoms with E-state index in [9.17, 15) is 28.9 Å². The molecular weight excluding hydrogens is 797 g/mol. The van der Waals surface area contributed by atoms with Crippen molar-refractivity contribution in [2.24, 2.45) is 5.73 Å². The summed E-state index contributed by atoms with van der Waals surface area (Å²) in [5.74, 6) is -2.63. The molecule has 0 aromatic rings. The molecule has 0 rings (SSSR count). The van der Waals surface area contributed by atoms with Crippen molar-refractivity contribution in [1.82, 2.24) is 0 Å². The number of carbonyl (C=O) groups excluding carboxylic acids is 2. The van der Waals surface area contributed by atoms with Crippen LogP contribution in [0, 0.1) is 0 Å². The summed E-state index contributed by atoms with van der Waals surface area (Å²) in [7, 11) is -4.78. The minimum absolute atomic E-state index is 0.0258. The molecule has 4 atom stereocenters. The van der Waals surface area contributed by atoms with Crippen molar-refractivity contribution in [2.45, 2.75) is 128 Å². The van der Waals surface area contributed by atoms with Crippen LogP contribution in [0.2, 0.25) is 0 Å². The summed E-state index contributed by atoms with van der Waals surface area (Å²) < 4.78 is 32.5. The van der Waals surface area contributed by atoms with Crippen LogP contribution in [0.25, 0.3) is 0 Å². The molecule has 0 amide bonds. The van der Waals surface area contributed by atoms with Crippen LogP contribution < -0.4 is 5.73 Å². The number of phosphoric acid groups is 1. The first kappa shape index (κ1) is 56.6. The predicted octanol–water partition coefficient (Wildman–Crippen LogP) is 10.4. The number of carbonyl (C=O) groups is 3. The third kappa shape index (κ3) is 40.7. The lowest BCUT2D eigenvalue weighted by atomic mass is 10.2. The van der Waals surface area contributed by atoms with Gasteiger partial charge in [-0.1, -0.05) is 148 Å². The second-order valence-electron chi connectivity index (χ2n) is 13.6. The Balaban J connectivity index is 4.68. The Labute approximate surface area is 365 Å². The third-order valence-corrected chi connectivity index (χ3v) is 8.94. The van der Waals surface area contributed by atoms with Gasteiger partial charge in [-0.05, 0) is 83.5 Å². The Morgan fingerprint density at radius 1 is 0.590 bits per heavy atom. The molecule has 0 spiro atoms. The van der Waals surface area contributed by atoms with Crippen LogP contribution in [0.5, 0.6) is 0 Å². The largest absolute Gasteiger partial charge is 0.480 e. The molecule has 340 valence electrons. The topological polar surface area (TPSA) is 192 Å². The highest BCUT2D eigenvalue weighted by atomic mass is 31.2. The van der Waals surface area contributed by atoms with Crippen LogP contribution in [0.4, 0.5) is 0 Å². The monoisotopic (exact) mass is 869 g/mol. The van der Waals surface area contributed by atoms with Crippen molar-refractivity contribution >= 4 is 25.7 Å². The molecule has 0 aliphatic carbocycles. The molecule has 61 heavy (non-hydrogen) atoms. The number of hydrogen-bond acceptors (Lipinski definition) is 10. The highest BCUT2D eigenvalue weighted by Crippen LogP contribution is 2.43. The molecule has 0 aliphatic rings. The molecular formula is C48H72NO11P. The number of hydrogen-bond donors (Lipinski definition) is 4. The molecule has 5 N–H and O–H groups in total. The first-order chi connectivity index (χ1) is 29.5. The van der Waals surface area contributed by atoms with E-state index < -0.39 is 63.8 Å². The molecule has 0 aromatic carbocycles. The van der Waals surface area contributed by atoms with Crippen LogP contribution >= 0.6 is 7.82 Å². The van der Waals surface area contributed by atoms with E-state index in [-0.39, 0.29) is 12.8 Å². The number of allylic oxidation sites excluding steroid dienone is 20. The van der Waals surface area contributed by atoms with E-state index in [0.717, 1.165) is 44.9 Å². The number of esters is 2. The quantitative estimate of drug-likeness (QED) is 0.0152. The van der Waals surface area contributed by atoms with Crippen molar-refractivity contribution in [1.29, 1.82) is 0 Å². The Morgan fingerprint density at radius 3 is 1.61 bits per heavy atom. The molecule has 0 aliphatic heterocycles. The summed E-state index contributed by atoms with van der Waals surface area (Å²) in [6.07, 6.45) is 52.8. The lowest BCUT2D eigenvalue weighted by Crippen LogP contribution is -2.34. The molecule has 0 radical (unpaired) electrons. The predicted molar refractivity (Wildman–Crippen MR) is 245 cm³/mol. The minimum Gasteiger partial charge on any atom is -0.480 e. The zero-order valence-electron chi connectivity index (χ0n) is 36.3. The number of aliphatic hydroxyl groups excluding tert-OH is 1. The highest BCUT2D eigenvalue weighted by Gasteiger charge is 2.28. The third-order valence-electron chi connectivity index (χ3n) is 7.99. The number of aliphatic hydroxyl groups is 1. The fraction of sp³-hybridized carbons (Fsp3) is 0.479. The van der Waals surface area contributed by atoms with Crippen LogP contribution in [0.15, 0.2) is 134 Å². The number of phosphoric ester groups is 1. The average Bonchev–Trinajstić information content (AvgIpc) is 3.23. The van der Waals surface area contributed by atoms with Crippen molar-refractivity contribution in [3.05, 3.63) is 134 Å². The lowest BCUT2D eigenvalue weighted by molar-refractivity contribution is -0.161. The van der Waals surface area contributed by atoms with Gasteiger partial charge in [0.1, 0.15) is 12.6 Å². The fourth-order valence-electron chi connectivity index (χ4n) is 4.68. The van der Waals surface area contributed by atoms with Gasteiger partial charge in [-0.2, -0.15) is 0 Å². The van der Waals surface area contributed by atoms with Gasteiger partial charge >= 0.3 is 25.7 Å². The first-order valence-electron chi connectivity index (χ1n) is 21.3. The van der Waals surface area contributed by atoms with E-state index in [1.165, 1.54) is 0 Å². The Bertz CT molecular complexity index is 1550. The van der Waals surface area contributed by atoms with Gasteiger partial charge in [0.05, 0.1) is 19.3 Å². The van der Waals surface area contributed by atoms with Gasteiger partial charge in [0.15, 0.2) is 6.10 Å². The van der Waals surface area contributed by atoms with Crippen LogP contribution in [0.1, 0.15) is 110 Å². The molecule has 13 heteroatoms. The maximum Gasteiger partial charge on any atom is 0.472 e. The Morgan fingerprint density at radius 2 is 1.07 bits per heavy atom. The molecule has 12 nitrogen and oxygen atoms in total. The van der Waals surface area contributed by atoms with Crippen molar-refractivity contribution < 1.29 is 52.6 Å². The number of carboxylic acid groups (broad SMARTS) is 1. The lowest BCUT2D eigenvalue weighted by Gasteiger charge is -2.20. The van der Waals surface area contributed by atoms with Gasteiger partial charge in [0.25, 0.3) is 0 Å². The van der Waals surface area contributed by atoms with Crippen LogP contribution in [-0.4, -0.2) is 71.1 Å². The molecule has 0 bridgehead atoms. The van der Waals surface area contributed by atoms with Crippen LogP contribution in [0.3, 0.4) is 0 Å². The fourth-order valence-corrected chi connectivity index (χ4v) is 5.46. The SMILES string of the molecule is CC/C=C\C/C=C\C/C=C\C/C=C\C/C=C\C/C=C\CCC(=O)OC[C@H](COP(=O)(O)OC[C@H](N)C(=O)O)OC(=O)CCC/C=C\C/C=C\C=C\C(O)C/C=C\C/C=C\CC. The van der Waals surface area contributed by atoms with Gasteiger partial charge in [-0.25, -0.2) is 4.57 Å². The molecule has 0 aromatic heterocycles. The Hall–Kier alpha value is -4.42. The summed E-state index contributed by atoms with van der Waals surface area (Å²) in [4.78, 5) is 45.9. The van der Waals surface area contributed by atoms with Crippen molar-refractivity contribution in [3.63, 3.8) is 0 Å². The van der Waals surface area contributed by atoms with Crippen molar-refractivity contribution in [3.8, 4) is 0 Å². The molecule has 0 fully saturated rings. The number of unbranched alkanes of at least 4 members (excludes halogenated alkanes) is 1. The second kappa shape index (κ2) is 41.0. The number of ether oxygens (including phenoxy) is 2. The first-order valence-corrected chi connectivity index (χ1v) is 22.8. The average molecular weight is 870 g/mol. The second-order valence-corrected chi connectivity index (χ2v) is 15.0. The summed E-state index contributed by atoms with van der Waals surface area (Å²) in [6, 6.07) is -1.56. The standard InChI is InChI=1S/C48H72NO11P/c1-3-5-7-9-11-12-13-14-15-16-17-18-19-20-21-22-26-30-34-38-46(51)57-40-44(41-58-61(55,56)59-42-45(49)48(53)54)60-47(52)39-35-31-27-24-23-25-29-33-37-43(50)36-32-28-10-8-6-4-2/h5-8,11-12,14-15,17-18,20-21,24-30,32-33,37,43-45,50H,3-4,9-10,13,16,19,22-23,31,34-36,38-42,49H2,1-2H3,(H,53,54)(H,55,56)/b7-5-,8-6-,12-11-,15-14-,18-17-,21-20-,27-24-,29-25-,30-26-,32-28-,37-33+/t43?,44-,45+/m1/s1. The van der Waals surface area contributed by atoms with E-state index in [0.29, 0.717) is 38.5 Å². The molecule has 0 saturated carbocycles. The van der Waals surface area contributed by atoms with Gasteiger partial charge in [-0.3, -0.25) is 23.4 Å².